The molecule has 1 aliphatic rings. The summed E-state index contributed by atoms with van der Waals surface area (Å²) in [5, 5.41) is 1.13. The van der Waals surface area contributed by atoms with Crippen molar-refractivity contribution in [3.8, 4) is 0 Å². The smallest absolute Gasteiger partial charge is 0.262 e. The van der Waals surface area contributed by atoms with Gasteiger partial charge >= 0.3 is 0 Å². The fourth-order valence-electron chi connectivity index (χ4n) is 4.69. The summed E-state index contributed by atoms with van der Waals surface area (Å²) in [6.07, 6.45) is 1.90. The number of carbonyl (C=O) groups is 1. The van der Waals surface area contributed by atoms with Gasteiger partial charge in [0, 0.05) is 13.7 Å². The summed E-state index contributed by atoms with van der Waals surface area (Å²) in [4.78, 5) is 33.4. The van der Waals surface area contributed by atoms with Crippen molar-refractivity contribution in [2.24, 2.45) is 0 Å². The summed E-state index contributed by atoms with van der Waals surface area (Å²) in [5.74, 6) is 0.131. The summed E-state index contributed by atoms with van der Waals surface area (Å²) < 4.78 is 7.48. The molecule has 6 nitrogen and oxygen atoms in total. The molecule has 0 spiro atoms. The topological polar surface area (TPSA) is 64.4 Å². The van der Waals surface area contributed by atoms with Crippen molar-refractivity contribution < 1.29 is 9.53 Å². The van der Waals surface area contributed by atoms with E-state index in [1.54, 1.807) is 15.5 Å². The number of benzene rings is 3. The Kier molecular flexibility index (Phi) is 7.49. The summed E-state index contributed by atoms with van der Waals surface area (Å²) in [7, 11) is 1.83. The second-order valence-electron chi connectivity index (χ2n) is 8.98. The minimum Gasteiger partial charge on any atom is -0.376 e. The Morgan fingerprint density at radius 1 is 1.03 bits per heavy atom. The Hall–Kier alpha value is -3.42. The molecule has 3 aromatic carbocycles. The molecule has 1 aromatic heterocycles. The second-order valence-corrected chi connectivity index (χ2v) is 9.92. The SMILES string of the molecule is CN(C(=O)CSc1nc2ccccc2c(=O)n1C[C@@H]1CCCO1)C(c1ccccc1)c1ccccc1. The largest absolute Gasteiger partial charge is 0.376 e. The fourth-order valence-corrected chi connectivity index (χ4v) is 5.63. The van der Waals surface area contributed by atoms with Gasteiger partial charge in [0.25, 0.3) is 5.56 Å². The third-order valence-electron chi connectivity index (χ3n) is 6.57. The standard InChI is InChI=1S/C29H29N3O3S/c1-31(27(21-11-4-2-5-12-21)22-13-6-3-7-14-22)26(33)20-36-29-30-25-17-9-8-16-24(25)28(34)32(29)19-23-15-10-18-35-23/h2-9,11-14,16-17,23,27H,10,15,18-20H2,1H3/t23-/m0/s1. The maximum absolute atomic E-state index is 13.5. The monoisotopic (exact) mass is 499 g/mol. The van der Waals surface area contributed by atoms with Crippen molar-refractivity contribution >= 4 is 28.6 Å². The molecule has 5 rings (SSSR count). The first-order chi connectivity index (χ1) is 17.6. The average Bonchev–Trinajstić information content (AvgIpc) is 3.44. The van der Waals surface area contributed by atoms with Crippen LogP contribution in [0.15, 0.2) is 94.9 Å². The van der Waals surface area contributed by atoms with Gasteiger partial charge in [-0.2, -0.15) is 0 Å². The van der Waals surface area contributed by atoms with E-state index >= 15 is 0 Å². The predicted octanol–water partition coefficient (Wildman–Crippen LogP) is 4.92. The number of hydrogen-bond donors (Lipinski definition) is 0. The number of thioether (sulfide) groups is 1. The van der Waals surface area contributed by atoms with Crippen LogP contribution in [0.4, 0.5) is 0 Å². The molecule has 0 saturated carbocycles. The van der Waals surface area contributed by atoms with Crippen LogP contribution >= 0.6 is 11.8 Å². The highest BCUT2D eigenvalue weighted by Crippen LogP contribution is 2.29. The molecule has 0 unspecified atom stereocenters. The normalized spacial score (nSPS) is 15.4. The number of aromatic nitrogens is 2. The number of nitrogens with zero attached hydrogens (tertiary/aromatic N) is 3. The van der Waals surface area contributed by atoms with Gasteiger partial charge in [-0.05, 0) is 36.1 Å². The molecule has 1 fully saturated rings. The summed E-state index contributed by atoms with van der Waals surface area (Å²) in [6, 6.07) is 27.2. The van der Waals surface area contributed by atoms with E-state index in [-0.39, 0.29) is 29.4 Å². The summed E-state index contributed by atoms with van der Waals surface area (Å²) in [5.41, 5.74) is 2.64. The van der Waals surface area contributed by atoms with Crippen LogP contribution in [0.25, 0.3) is 10.9 Å². The average molecular weight is 500 g/mol. The molecule has 0 bridgehead atoms. The summed E-state index contributed by atoms with van der Waals surface area (Å²) >= 11 is 1.31. The van der Waals surface area contributed by atoms with Crippen LogP contribution in [0.2, 0.25) is 0 Å². The molecule has 7 heteroatoms. The zero-order chi connectivity index (χ0) is 24.9. The first-order valence-corrected chi connectivity index (χ1v) is 13.2. The number of hydrogen-bond acceptors (Lipinski definition) is 5. The molecular formula is C29H29N3O3S. The highest BCUT2D eigenvalue weighted by molar-refractivity contribution is 7.99. The fraction of sp³-hybridized carbons (Fsp3) is 0.276. The third kappa shape index (κ3) is 5.22. The lowest BCUT2D eigenvalue weighted by Crippen LogP contribution is -2.34. The van der Waals surface area contributed by atoms with Gasteiger partial charge in [0.15, 0.2) is 5.16 Å². The Labute approximate surface area is 214 Å². The van der Waals surface area contributed by atoms with Crippen molar-refractivity contribution in [1.29, 1.82) is 0 Å². The van der Waals surface area contributed by atoms with Gasteiger partial charge < -0.3 is 9.64 Å². The van der Waals surface area contributed by atoms with Gasteiger partial charge in [0.2, 0.25) is 5.91 Å². The van der Waals surface area contributed by atoms with E-state index in [0.717, 1.165) is 24.0 Å². The van der Waals surface area contributed by atoms with E-state index in [2.05, 4.69) is 0 Å². The maximum Gasteiger partial charge on any atom is 0.262 e. The molecular weight excluding hydrogens is 470 g/mol. The van der Waals surface area contributed by atoms with Gasteiger partial charge in [-0.3, -0.25) is 14.2 Å². The molecule has 1 atom stereocenters. The van der Waals surface area contributed by atoms with Crippen molar-refractivity contribution in [3.63, 3.8) is 0 Å². The van der Waals surface area contributed by atoms with E-state index in [9.17, 15) is 9.59 Å². The van der Waals surface area contributed by atoms with Gasteiger partial charge in [-0.1, -0.05) is 84.6 Å². The van der Waals surface area contributed by atoms with Gasteiger partial charge in [0.1, 0.15) is 0 Å². The van der Waals surface area contributed by atoms with Crippen LogP contribution in [-0.4, -0.2) is 45.9 Å². The molecule has 0 N–H and O–H groups in total. The predicted molar refractivity (Wildman–Crippen MR) is 143 cm³/mol. The minimum atomic E-state index is -0.209. The van der Waals surface area contributed by atoms with Crippen molar-refractivity contribution in [3.05, 3.63) is 106 Å². The highest BCUT2D eigenvalue weighted by atomic mass is 32.2. The van der Waals surface area contributed by atoms with E-state index < -0.39 is 0 Å². The highest BCUT2D eigenvalue weighted by Gasteiger charge is 2.25. The van der Waals surface area contributed by atoms with Crippen molar-refractivity contribution in [2.75, 3.05) is 19.4 Å². The first-order valence-electron chi connectivity index (χ1n) is 12.2. The number of fused-ring (bicyclic) bond motifs is 1. The Morgan fingerprint density at radius 3 is 2.31 bits per heavy atom. The van der Waals surface area contributed by atoms with Crippen LogP contribution in [0, 0.1) is 0 Å². The zero-order valence-electron chi connectivity index (χ0n) is 20.2. The minimum absolute atomic E-state index is 0.0103. The zero-order valence-corrected chi connectivity index (χ0v) is 21.1. The molecule has 1 aliphatic heterocycles. The van der Waals surface area contributed by atoms with Crippen LogP contribution < -0.4 is 5.56 Å². The van der Waals surface area contributed by atoms with Crippen LogP contribution in [0.3, 0.4) is 0 Å². The van der Waals surface area contributed by atoms with E-state index in [4.69, 9.17) is 9.72 Å². The first kappa shape index (κ1) is 24.3. The van der Waals surface area contributed by atoms with E-state index in [1.807, 2.05) is 85.9 Å². The lowest BCUT2D eigenvalue weighted by Gasteiger charge is -2.29. The molecule has 36 heavy (non-hydrogen) atoms. The number of para-hydroxylation sites is 1. The Morgan fingerprint density at radius 2 is 1.67 bits per heavy atom. The molecule has 1 saturated heterocycles. The van der Waals surface area contributed by atoms with Crippen LogP contribution in [0.5, 0.6) is 0 Å². The maximum atomic E-state index is 13.5. The molecule has 0 aliphatic carbocycles. The number of ether oxygens (including phenoxy) is 1. The van der Waals surface area contributed by atoms with Crippen molar-refractivity contribution in [2.45, 2.75) is 36.7 Å². The lowest BCUT2D eigenvalue weighted by atomic mass is 9.97. The van der Waals surface area contributed by atoms with Crippen LogP contribution in [-0.2, 0) is 16.1 Å². The van der Waals surface area contributed by atoms with E-state index in [1.165, 1.54) is 11.8 Å². The van der Waals surface area contributed by atoms with Gasteiger partial charge in [0.05, 0.1) is 35.3 Å². The Bertz CT molecular complexity index is 1350. The second kappa shape index (κ2) is 11.1. The van der Waals surface area contributed by atoms with Crippen LogP contribution in [0.1, 0.15) is 30.0 Å². The molecule has 4 aromatic rings. The van der Waals surface area contributed by atoms with Gasteiger partial charge in [-0.25, -0.2) is 4.98 Å². The molecule has 1 amide bonds. The van der Waals surface area contributed by atoms with E-state index in [0.29, 0.717) is 29.2 Å². The Balaban J connectivity index is 1.41. The lowest BCUT2D eigenvalue weighted by molar-refractivity contribution is -0.128. The molecule has 0 radical (unpaired) electrons. The summed E-state index contributed by atoms with van der Waals surface area (Å²) in [6.45, 7) is 1.16. The number of rotatable bonds is 8. The molecule has 2 heterocycles. The number of amides is 1. The van der Waals surface area contributed by atoms with Gasteiger partial charge in [-0.15, -0.1) is 0 Å². The molecule has 184 valence electrons. The van der Waals surface area contributed by atoms with Crippen molar-refractivity contribution in [1.82, 2.24) is 14.5 Å². The number of carbonyl (C=O) groups excluding carboxylic acids is 1. The quantitative estimate of drug-likeness (QED) is 0.254. The third-order valence-corrected chi connectivity index (χ3v) is 7.53.